The number of aryl methyl sites for hydroxylation is 1. The van der Waals surface area contributed by atoms with Crippen molar-refractivity contribution < 1.29 is 9.59 Å². The summed E-state index contributed by atoms with van der Waals surface area (Å²) in [6.07, 6.45) is 4.99. The zero-order valence-electron chi connectivity index (χ0n) is 27.1. The Morgan fingerprint density at radius 1 is 1.00 bits per heavy atom. The van der Waals surface area contributed by atoms with Gasteiger partial charge in [-0.05, 0) is 132 Å². The molecule has 11 heteroatoms. The van der Waals surface area contributed by atoms with Crippen molar-refractivity contribution in [1.29, 1.82) is 0 Å². The molecule has 1 saturated heterocycles. The summed E-state index contributed by atoms with van der Waals surface area (Å²) >= 11 is 7.25. The molecule has 2 N–H and O–H groups in total. The number of nitrogens with one attached hydrogen (secondary N) is 2. The lowest BCUT2D eigenvalue weighted by Crippen LogP contribution is -2.52. The van der Waals surface area contributed by atoms with Crippen molar-refractivity contribution in [1.82, 2.24) is 29.6 Å². The number of anilines is 1. The molecule has 3 heterocycles. The molecule has 2 aliphatic rings. The molecule has 3 aromatic carbocycles. The van der Waals surface area contributed by atoms with Crippen LogP contribution in [0.1, 0.15) is 48.7 Å². The molecule has 4 amide bonds. The fraction of sp³-hybridized carbons (Fsp3) is 0.417. The molecule has 1 atom stereocenters. The monoisotopic (exact) mass is 763 g/mol. The van der Waals surface area contributed by atoms with Crippen molar-refractivity contribution in [3.8, 4) is 0 Å². The van der Waals surface area contributed by atoms with Crippen LogP contribution in [-0.2, 0) is 19.4 Å². The molecule has 0 radical (unpaired) electrons. The molecule has 1 aromatic heterocycles. The number of imidazole rings is 1. The van der Waals surface area contributed by atoms with E-state index < -0.39 is 0 Å². The largest absolute Gasteiger partial charge is 0.328 e. The molecule has 0 aliphatic carbocycles. The number of hydrogen-bond acceptors (Lipinski definition) is 4. The maximum Gasteiger partial charge on any atom is 0.322 e. The average molecular weight is 766 g/mol. The fourth-order valence-electron chi connectivity index (χ4n) is 6.76. The predicted molar refractivity (Wildman–Crippen MR) is 195 cm³/mol. The molecule has 248 valence electrons. The Bertz CT molecular complexity index is 1720. The Balaban J connectivity index is 1.19. The van der Waals surface area contributed by atoms with E-state index in [0.717, 1.165) is 87.8 Å². The summed E-state index contributed by atoms with van der Waals surface area (Å²) in [7, 11) is 4.20. The standard InChI is InChI=1S/C36H43Br2N7O2/c1-42(2)18-7-8-19-45-33-12-6-5-11-31(33)39-34(45)32(24-25-13-14-28(37)29(38)23-25)41-35(46)43-20-16-27(17-21-43)44-22-15-26-9-3-4-10-30(26)40-36(44)47/h3-6,9-14,23,27,32H,7-8,15-22,24H2,1-2H3,(H,40,47)(H,41,46). The number of hydrogen-bond donors (Lipinski definition) is 2. The van der Waals surface area contributed by atoms with Gasteiger partial charge >= 0.3 is 12.1 Å². The maximum atomic E-state index is 14.0. The van der Waals surface area contributed by atoms with Gasteiger partial charge in [0.2, 0.25) is 0 Å². The van der Waals surface area contributed by atoms with Crippen molar-refractivity contribution >= 4 is 60.6 Å². The third-order valence-corrected chi connectivity index (χ3v) is 11.2. The number of rotatable bonds is 10. The van der Waals surface area contributed by atoms with Crippen LogP contribution in [-0.4, -0.2) is 82.6 Å². The van der Waals surface area contributed by atoms with Gasteiger partial charge in [-0.15, -0.1) is 0 Å². The number of unbranched alkanes of at least 4 members (excludes halogenated alkanes) is 1. The highest BCUT2D eigenvalue weighted by Gasteiger charge is 2.32. The number of amides is 4. The number of carbonyl (C=O) groups excluding carboxylic acids is 2. The van der Waals surface area contributed by atoms with Crippen LogP contribution in [0.3, 0.4) is 0 Å². The van der Waals surface area contributed by atoms with Crippen molar-refractivity contribution in [3.05, 3.63) is 92.6 Å². The van der Waals surface area contributed by atoms with Crippen LogP contribution in [0.15, 0.2) is 75.7 Å². The Labute approximate surface area is 293 Å². The molecule has 9 nitrogen and oxygen atoms in total. The van der Waals surface area contributed by atoms with Gasteiger partial charge in [0, 0.05) is 46.9 Å². The topological polar surface area (TPSA) is 85.7 Å². The Morgan fingerprint density at radius 2 is 1.77 bits per heavy atom. The highest BCUT2D eigenvalue weighted by Crippen LogP contribution is 2.29. The molecule has 4 aromatic rings. The minimum atomic E-state index is -0.329. The van der Waals surface area contributed by atoms with Gasteiger partial charge in [0.15, 0.2) is 0 Å². The normalized spacial score (nSPS) is 16.2. The number of aromatic nitrogens is 2. The van der Waals surface area contributed by atoms with Crippen LogP contribution in [0.4, 0.5) is 15.3 Å². The quantitative estimate of drug-likeness (QED) is 0.165. The number of para-hydroxylation sites is 3. The lowest BCUT2D eigenvalue weighted by molar-refractivity contribution is 0.133. The number of urea groups is 2. The Kier molecular flexibility index (Phi) is 10.8. The summed E-state index contributed by atoms with van der Waals surface area (Å²) < 4.78 is 4.26. The van der Waals surface area contributed by atoms with E-state index >= 15 is 0 Å². The van der Waals surface area contributed by atoms with Gasteiger partial charge in [0.25, 0.3) is 0 Å². The smallest absolute Gasteiger partial charge is 0.322 e. The van der Waals surface area contributed by atoms with E-state index in [9.17, 15) is 9.59 Å². The average Bonchev–Trinajstić information content (AvgIpc) is 3.34. The molecule has 1 fully saturated rings. The number of likely N-dealkylation sites (tertiary alicyclic amines) is 1. The second-order valence-electron chi connectivity index (χ2n) is 12.8. The molecule has 0 spiro atoms. The van der Waals surface area contributed by atoms with Gasteiger partial charge in [-0.3, -0.25) is 0 Å². The molecule has 1 unspecified atom stereocenters. The van der Waals surface area contributed by atoms with Crippen LogP contribution in [0, 0.1) is 0 Å². The first-order valence-corrected chi connectivity index (χ1v) is 18.1. The summed E-state index contributed by atoms with van der Waals surface area (Å²) in [5.74, 6) is 0.874. The van der Waals surface area contributed by atoms with E-state index in [1.807, 2.05) is 46.2 Å². The van der Waals surface area contributed by atoms with Crippen molar-refractivity contribution in [2.24, 2.45) is 0 Å². The first-order chi connectivity index (χ1) is 22.8. The Hall–Kier alpha value is -3.41. The Morgan fingerprint density at radius 3 is 2.55 bits per heavy atom. The second kappa shape index (κ2) is 15.2. The SMILES string of the molecule is CN(C)CCCCn1c(C(Cc2ccc(Br)c(Br)c2)NC(=O)N2CCC(N3CCc4ccccc4NC3=O)CC2)nc2ccccc21. The van der Waals surface area contributed by atoms with Gasteiger partial charge in [0.05, 0.1) is 17.1 Å². The van der Waals surface area contributed by atoms with Gasteiger partial charge in [-0.2, -0.15) is 0 Å². The number of piperidine rings is 1. The molecular formula is C36H43Br2N7O2. The van der Waals surface area contributed by atoms with Crippen molar-refractivity contribution in [2.75, 3.05) is 45.6 Å². The van der Waals surface area contributed by atoms with Gasteiger partial charge in [0.1, 0.15) is 5.82 Å². The summed E-state index contributed by atoms with van der Waals surface area (Å²) in [6, 6.07) is 22.1. The predicted octanol–water partition coefficient (Wildman–Crippen LogP) is 7.45. The summed E-state index contributed by atoms with van der Waals surface area (Å²) in [6.45, 7) is 3.70. The van der Waals surface area contributed by atoms with Crippen LogP contribution in [0.5, 0.6) is 0 Å². The lowest BCUT2D eigenvalue weighted by Gasteiger charge is -2.38. The van der Waals surface area contributed by atoms with Gasteiger partial charge in [-0.1, -0.05) is 36.4 Å². The van der Waals surface area contributed by atoms with E-state index in [4.69, 9.17) is 4.98 Å². The van der Waals surface area contributed by atoms with E-state index in [1.165, 1.54) is 0 Å². The minimum absolute atomic E-state index is 0.0527. The molecule has 2 aliphatic heterocycles. The zero-order valence-corrected chi connectivity index (χ0v) is 30.3. The highest BCUT2D eigenvalue weighted by atomic mass is 79.9. The molecule has 0 saturated carbocycles. The first kappa shape index (κ1) is 33.5. The molecule has 0 bridgehead atoms. The van der Waals surface area contributed by atoms with Gasteiger partial charge < -0.3 is 29.9 Å². The highest BCUT2D eigenvalue weighted by molar-refractivity contribution is 9.13. The number of nitrogens with zero attached hydrogens (tertiary/aromatic N) is 5. The minimum Gasteiger partial charge on any atom is -0.328 e. The van der Waals surface area contributed by atoms with Crippen LogP contribution >= 0.6 is 31.9 Å². The number of carbonyl (C=O) groups is 2. The lowest BCUT2D eigenvalue weighted by atomic mass is 10.0. The molecule has 6 rings (SSSR count). The zero-order chi connectivity index (χ0) is 32.9. The fourth-order valence-corrected chi connectivity index (χ4v) is 7.43. The van der Waals surface area contributed by atoms with Crippen LogP contribution in [0.25, 0.3) is 11.0 Å². The van der Waals surface area contributed by atoms with E-state index in [0.29, 0.717) is 26.1 Å². The van der Waals surface area contributed by atoms with Crippen LogP contribution < -0.4 is 10.6 Å². The molecular weight excluding hydrogens is 722 g/mol. The van der Waals surface area contributed by atoms with E-state index in [2.05, 4.69) is 96.4 Å². The number of fused-ring (bicyclic) bond motifs is 2. The molecule has 47 heavy (non-hydrogen) atoms. The summed E-state index contributed by atoms with van der Waals surface area (Å²) in [4.78, 5) is 38.3. The third-order valence-electron chi connectivity index (χ3n) is 9.29. The second-order valence-corrected chi connectivity index (χ2v) is 14.5. The van der Waals surface area contributed by atoms with Crippen molar-refractivity contribution in [3.63, 3.8) is 0 Å². The van der Waals surface area contributed by atoms with Gasteiger partial charge in [-0.25, -0.2) is 14.6 Å². The summed E-state index contributed by atoms with van der Waals surface area (Å²) in [5.41, 5.74) is 5.17. The van der Waals surface area contributed by atoms with E-state index in [-0.39, 0.29) is 24.1 Å². The van der Waals surface area contributed by atoms with Crippen LogP contribution in [0.2, 0.25) is 0 Å². The maximum absolute atomic E-state index is 14.0. The number of halogens is 2. The summed E-state index contributed by atoms with van der Waals surface area (Å²) in [5, 5.41) is 6.49. The number of benzene rings is 3. The third kappa shape index (κ3) is 8.01. The van der Waals surface area contributed by atoms with E-state index in [1.54, 1.807) is 0 Å². The first-order valence-electron chi connectivity index (χ1n) is 16.5. The van der Waals surface area contributed by atoms with Crippen molar-refractivity contribution in [2.45, 2.75) is 57.2 Å².